The van der Waals surface area contributed by atoms with Gasteiger partial charge in [-0.2, -0.15) is 0 Å². The Morgan fingerprint density at radius 3 is 2.88 bits per heavy atom. The van der Waals surface area contributed by atoms with Crippen LogP contribution in [0.3, 0.4) is 0 Å². The Morgan fingerprint density at radius 2 is 2.12 bits per heavy atom. The van der Waals surface area contributed by atoms with E-state index in [0.29, 0.717) is 12.4 Å². The molecule has 134 valence electrons. The summed E-state index contributed by atoms with van der Waals surface area (Å²) in [5.74, 6) is 2.17. The molecule has 6 nitrogen and oxygen atoms in total. The summed E-state index contributed by atoms with van der Waals surface area (Å²) < 4.78 is 7.76. The summed E-state index contributed by atoms with van der Waals surface area (Å²) in [7, 11) is 1.84. The highest BCUT2D eigenvalue weighted by Gasteiger charge is 2.29. The van der Waals surface area contributed by atoms with Crippen LogP contribution >= 0.6 is 0 Å². The normalized spacial score (nSPS) is 17.4. The number of carbonyl (C=O) groups is 1. The Kier molecular flexibility index (Phi) is 4.56. The van der Waals surface area contributed by atoms with Crippen LogP contribution in [0, 0.1) is 0 Å². The van der Waals surface area contributed by atoms with Crippen LogP contribution < -0.4 is 0 Å². The second-order valence-corrected chi connectivity index (χ2v) is 6.78. The third kappa shape index (κ3) is 3.40. The third-order valence-corrected chi connectivity index (χ3v) is 4.86. The summed E-state index contributed by atoms with van der Waals surface area (Å²) in [5.41, 5.74) is 1.20. The summed E-state index contributed by atoms with van der Waals surface area (Å²) in [6.07, 6.45) is 7.91. The van der Waals surface area contributed by atoms with Crippen molar-refractivity contribution >= 4 is 5.91 Å². The first kappa shape index (κ1) is 16.6. The highest BCUT2D eigenvalue weighted by Crippen LogP contribution is 2.28. The minimum absolute atomic E-state index is 0.0294. The molecule has 4 rings (SSSR count). The molecular weight excluding hydrogens is 328 g/mol. The number of nitrogens with zero attached hydrogens (tertiary/aromatic N) is 4. The number of aryl methyl sites for hydroxylation is 1. The Hall–Kier alpha value is -2.89. The molecule has 1 aliphatic heterocycles. The van der Waals surface area contributed by atoms with E-state index in [2.05, 4.69) is 22.1 Å². The number of hydrogen-bond acceptors (Lipinski definition) is 4. The SMILES string of the molecule is Cn1ccnc1C(=O)N1CCC[C@@H](c2ncc(Cc3ccccc3)o2)C1. The molecule has 1 saturated heterocycles. The Bertz CT molecular complexity index is 884. The van der Waals surface area contributed by atoms with Crippen molar-refractivity contribution in [2.24, 2.45) is 7.05 Å². The minimum Gasteiger partial charge on any atom is -0.445 e. The molecule has 26 heavy (non-hydrogen) atoms. The molecule has 0 saturated carbocycles. The molecule has 0 unspecified atom stereocenters. The third-order valence-electron chi connectivity index (χ3n) is 4.86. The van der Waals surface area contributed by atoms with E-state index in [-0.39, 0.29) is 11.8 Å². The lowest BCUT2D eigenvalue weighted by molar-refractivity contribution is 0.0682. The Morgan fingerprint density at radius 1 is 1.27 bits per heavy atom. The number of carbonyl (C=O) groups excluding carboxylic acids is 1. The van der Waals surface area contributed by atoms with Crippen molar-refractivity contribution in [3.05, 3.63) is 72.0 Å². The summed E-state index contributed by atoms with van der Waals surface area (Å²) in [6.45, 7) is 1.37. The molecule has 1 fully saturated rings. The van der Waals surface area contributed by atoms with E-state index in [4.69, 9.17) is 4.42 Å². The minimum atomic E-state index is -0.0294. The molecule has 0 bridgehead atoms. The van der Waals surface area contributed by atoms with Crippen LogP contribution in [0.25, 0.3) is 0 Å². The lowest BCUT2D eigenvalue weighted by Gasteiger charge is -2.31. The topological polar surface area (TPSA) is 64.2 Å². The first-order valence-corrected chi connectivity index (χ1v) is 8.96. The maximum atomic E-state index is 12.7. The molecule has 0 radical (unpaired) electrons. The number of benzene rings is 1. The first-order valence-electron chi connectivity index (χ1n) is 8.96. The van der Waals surface area contributed by atoms with Crippen molar-refractivity contribution in [1.82, 2.24) is 19.4 Å². The van der Waals surface area contributed by atoms with Gasteiger partial charge in [0, 0.05) is 39.0 Å². The summed E-state index contributed by atoms with van der Waals surface area (Å²) in [5, 5.41) is 0. The number of amides is 1. The van der Waals surface area contributed by atoms with E-state index in [0.717, 1.165) is 37.5 Å². The van der Waals surface area contributed by atoms with Crippen LogP contribution in [-0.4, -0.2) is 38.4 Å². The fourth-order valence-corrected chi connectivity index (χ4v) is 3.47. The van der Waals surface area contributed by atoms with E-state index in [9.17, 15) is 4.79 Å². The van der Waals surface area contributed by atoms with Crippen molar-refractivity contribution in [3.63, 3.8) is 0 Å². The van der Waals surface area contributed by atoms with Crippen molar-refractivity contribution < 1.29 is 9.21 Å². The van der Waals surface area contributed by atoms with Gasteiger partial charge in [-0.05, 0) is 18.4 Å². The highest BCUT2D eigenvalue weighted by molar-refractivity contribution is 5.90. The molecule has 1 aromatic carbocycles. The van der Waals surface area contributed by atoms with E-state index < -0.39 is 0 Å². The molecule has 1 atom stereocenters. The molecule has 0 N–H and O–H groups in total. The van der Waals surface area contributed by atoms with E-state index in [1.807, 2.05) is 36.3 Å². The summed E-state index contributed by atoms with van der Waals surface area (Å²) in [4.78, 5) is 23.2. The molecule has 0 spiro atoms. The number of likely N-dealkylation sites (tertiary alicyclic amines) is 1. The van der Waals surface area contributed by atoms with E-state index in [1.54, 1.807) is 17.0 Å². The number of aromatic nitrogens is 3. The van der Waals surface area contributed by atoms with Crippen LogP contribution in [0.2, 0.25) is 0 Å². The van der Waals surface area contributed by atoms with Gasteiger partial charge in [-0.1, -0.05) is 30.3 Å². The standard InChI is InChI=1S/C20H22N4O2/c1-23-11-9-21-18(23)20(25)24-10-5-8-16(14-24)19-22-13-17(26-19)12-15-6-3-2-4-7-15/h2-4,6-7,9,11,13,16H,5,8,10,12,14H2,1H3/t16-/m1/s1. The average Bonchev–Trinajstić information content (AvgIpc) is 3.31. The largest absolute Gasteiger partial charge is 0.445 e. The molecule has 1 aliphatic rings. The first-order chi connectivity index (χ1) is 12.7. The van der Waals surface area contributed by atoms with E-state index in [1.165, 1.54) is 5.56 Å². The zero-order chi connectivity index (χ0) is 17.9. The molecule has 6 heteroatoms. The number of imidazole rings is 1. The molecule has 0 aliphatic carbocycles. The summed E-state index contributed by atoms with van der Waals surface area (Å²) in [6, 6.07) is 10.2. The monoisotopic (exact) mass is 350 g/mol. The lowest BCUT2D eigenvalue weighted by Crippen LogP contribution is -2.40. The second kappa shape index (κ2) is 7.15. The van der Waals surface area contributed by atoms with Crippen LogP contribution in [-0.2, 0) is 13.5 Å². The highest BCUT2D eigenvalue weighted by atomic mass is 16.4. The fraction of sp³-hybridized carbons (Fsp3) is 0.350. The van der Waals surface area contributed by atoms with Crippen LogP contribution in [0.4, 0.5) is 0 Å². The van der Waals surface area contributed by atoms with Gasteiger partial charge in [0.05, 0.1) is 12.1 Å². The van der Waals surface area contributed by atoms with Gasteiger partial charge in [-0.15, -0.1) is 0 Å². The van der Waals surface area contributed by atoms with Gasteiger partial charge in [-0.3, -0.25) is 4.79 Å². The van der Waals surface area contributed by atoms with Crippen LogP contribution in [0.1, 0.15) is 46.6 Å². The van der Waals surface area contributed by atoms with Crippen LogP contribution in [0.15, 0.2) is 53.3 Å². The molecule has 1 amide bonds. The number of piperidine rings is 1. The van der Waals surface area contributed by atoms with E-state index >= 15 is 0 Å². The zero-order valence-electron chi connectivity index (χ0n) is 14.8. The van der Waals surface area contributed by atoms with Gasteiger partial charge in [0.25, 0.3) is 5.91 Å². The molecule has 3 aromatic rings. The Balaban J connectivity index is 1.45. The number of rotatable bonds is 4. The van der Waals surface area contributed by atoms with Gasteiger partial charge in [-0.25, -0.2) is 9.97 Å². The maximum absolute atomic E-state index is 12.7. The maximum Gasteiger partial charge on any atom is 0.289 e. The second-order valence-electron chi connectivity index (χ2n) is 6.78. The molecule has 2 aromatic heterocycles. The average molecular weight is 350 g/mol. The van der Waals surface area contributed by atoms with Gasteiger partial charge in [0.2, 0.25) is 0 Å². The van der Waals surface area contributed by atoms with Crippen molar-refractivity contribution in [2.75, 3.05) is 13.1 Å². The quantitative estimate of drug-likeness (QED) is 0.725. The predicted molar refractivity (Wildman–Crippen MR) is 96.8 cm³/mol. The zero-order valence-corrected chi connectivity index (χ0v) is 14.8. The van der Waals surface area contributed by atoms with Crippen LogP contribution in [0.5, 0.6) is 0 Å². The fourth-order valence-electron chi connectivity index (χ4n) is 3.47. The number of hydrogen-bond donors (Lipinski definition) is 0. The number of oxazole rings is 1. The van der Waals surface area contributed by atoms with Crippen molar-refractivity contribution in [1.29, 1.82) is 0 Å². The molecular formula is C20H22N4O2. The van der Waals surface area contributed by atoms with Gasteiger partial charge in [0.1, 0.15) is 5.76 Å². The van der Waals surface area contributed by atoms with Gasteiger partial charge >= 0.3 is 0 Å². The summed E-state index contributed by atoms with van der Waals surface area (Å²) >= 11 is 0. The Labute approximate surface area is 152 Å². The van der Waals surface area contributed by atoms with Gasteiger partial charge < -0.3 is 13.9 Å². The van der Waals surface area contributed by atoms with Crippen molar-refractivity contribution in [2.45, 2.75) is 25.2 Å². The predicted octanol–water partition coefficient (Wildman–Crippen LogP) is 3.02. The lowest BCUT2D eigenvalue weighted by atomic mass is 9.98. The van der Waals surface area contributed by atoms with Gasteiger partial charge in [0.15, 0.2) is 11.7 Å². The van der Waals surface area contributed by atoms with Crippen molar-refractivity contribution in [3.8, 4) is 0 Å². The molecule has 3 heterocycles. The smallest absolute Gasteiger partial charge is 0.289 e.